The molecule has 5 nitrogen and oxygen atoms in total. The highest BCUT2D eigenvalue weighted by molar-refractivity contribution is 9.10. The van der Waals surface area contributed by atoms with Crippen LogP contribution in [0.1, 0.15) is 18.0 Å². The molecule has 6 heteroatoms. The molecule has 0 fully saturated rings. The summed E-state index contributed by atoms with van der Waals surface area (Å²) < 4.78 is 0.385. The van der Waals surface area contributed by atoms with E-state index in [0.29, 0.717) is 16.5 Å². The van der Waals surface area contributed by atoms with Crippen LogP contribution in [0.3, 0.4) is 0 Å². The number of nitro groups is 1. The number of hydrogen-bond acceptors (Lipinski definition) is 4. The molecule has 82 valence electrons. The lowest BCUT2D eigenvalue weighted by Gasteiger charge is -2.11. The monoisotopic (exact) mass is 274 g/mol. The molecule has 1 aromatic carbocycles. The topological polar surface area (TPSA) is 89.4 Å². The Morgan fingerprint density at radius 3 is 2.80 bits per heavy atom. The summed E-state index contributed by atoms with van der Waals surface area (Å²) in [5.41, 5.74) is 6.39. The van der Waals surface area contributed by atoms with E-state index in [1.807, 2.05) is 0 Å². The van der Waals surface area contributed by atoms with Crippen LogP contribution in [0, 0.1) is 10.1 Å². The van der Waals surface area contributed by atoms with Gasteiger partial charge in [-0.05, 0) is 27.9 Å². The molecular weight excluding hydrogens is 264 g/mol. The third-order valence-corrected chi connectivity index (χ3v) is 2.91. The number of benzene rings is 1. The fraction of sp³-hybridized carbons (Fsp3) is 0.333. The van der Waals surface area contributed by atoms with Crippen LogP contribution in [0.2, 0.25) is 0 Å². The Morgan fingerprint density at radius 2 is 2.27 bits per heavy atom. The lowest BCUT2D eigenvalue weighted by molar-refractivity contribution is -0.385. The highest BCUT2D eigenvalue weighted by atomic mass is 79.9. The Labute approximate surface area is 95.2 Å². The summed E-state index contributed by atoms with van der Waals surface area (Å²) >= 11 is 3.15. The molecule has 0 aliphatic rings. The average molecular weight is 275 g/mol. The predicted octanol–water partition coefficient (Wildman–Crippen LogP) is 1.74. The van der Waals surface area contributed by atoms with Crippen molar-refractivity contribution in [1.29, 1.82) is 0 Å². The van der Waals surface area contributed by atoms with E-state index in [-0.39, 0.29) is 12.3 Å². The summed E-state index contributed by atoms with van der Waals surface area (Å²) in [6, 6.07) is 4.29. The largest absolute Gasteiger partial charge is 0.396 e. The van der Waals surface area contributed by atoms with Crippen molar-refractivity contribution in [3.05, 3.63) is 38.3 Å². The van der Waals surface area contributed by atoms with Crippen LogP contribution in [0.4, 0.5) is 5.69 Å². The third kappa shape index (κ3) is 2.74. The number of halogens is 1. The number of nitrogens with zero attached hydrogens (tertiary/aromatic N) is 1. The summed E-state index contributed by atoms with van der Waals surface area (Å²) in [7, 11) is 0. The summed E-state index contributed by atoms with van der Waals surface area (Å²) in [5.74, 6) is 0. The molecule has 1 rings (SSSR count). The Bertz CT molecular complexity index is 370. The number of aliphatic hydroxyl groups excluding tert-OH is 1. The molecule has 0 saturated heterocycles. The summed E-state index contributed by atoms with van der Waals surface area (Å²) in [6.07, 6.45) is 0.375. The zero-order valence-corrected chi connectivity index (χ0v) is 9.48. The predicted molar refractivity (Wildman–Crippen MR) is 59.4 cm³/mol. The maximum absolute atomic E-state index is 10.6. The molecule has 0 saturated carbocycles. The van der Waals surface area contributed by atoms with Crippen LogP contribution in [0.25, 0.3) is 0 Å². The SMILES string of the molecule is NC(CCO)c1cccc([N+](=O)[O-])c1Br. The van der Waals surface area contributed by atoms with Gasteiger partial charge >= 0.3 is 0 Å². The highest BCUT2D eigenvalue weighted by Crippen LogP contribution is 2.32. The van der Waals surface area contributed by atoms with E-state index in [1.54, 1.807) is 12.1 Å². The van der Waals surface area contributed by atoms with Crippen LogP contribution in [-0.4, -0.2) is 16.6 Å². The number of rotatable bonds is 4. The molecule has 0 aliphatic carbocycles. The first-order valence-corrected chi connectivity index (χ1v) is 5.16. The summed E-state index contributed by atoms with van der Waals surface area (Å²) in [4.78, 5) is 10.2. The van der Waals surface area contributed by atoms with Gasteiger partial charge in [0, 0.05) is 18.7 Å². The molecule has 3 N–H and O–H groups in total. The second kappa shape index (κ2) is 5.20. The first kappa shape index (κ1) is 12.1. The summed E-state index contributed by atoms with van der Waals surface area (Å²) in [6.45, 7) is -0.0453. The van der Waals surface area contributed by atoms with Crippen LogP contribution in [0.5, 0.6) is 0 Å². The molecule has 15 heavy (non-hydrogen) atoms. The lowest BCUT2D eigenvalue weighted by Crippen LogP contribution is -2.13. The van der Waals surface area contributed by atoms with E-state index in [0.717, 1.165) is 0 Å². The van der Waals surface area contributed by atoms with Crippen molar-refractivity contribution in [2.45, 2.75) is 12.5 Å². The van der Waals surface area contributed by atoms with Gasteiger partial charge in [-0.25, -0.2) is 0 Å². The quantitative estimate of drug-likeness (QED) is 0.647. The highest BCUT2D eigenvalue weighted by Gasteiger charge is 2.18. The van der Waals surface area contributed by atoms with Gasteiger partial charge in [-0.1, -0.05) is 12.1 Å². The molecule has 0 spiro atoms. The summed E-state index contributed by atoms with van der Waals surface area (Å²) in [5, 5.41) is 19.4. The minimum Gasteiger partial charge on any atom is -0.396 e. The van der Waals surface area contributed by atoms with Crippen molar-refractivity contribution >= 4 is 21.6 Å². The van der Waals surface area contributed by atoms with Crippen molar-refractivity contribution in [3.63, 3.8) is 0 Å². The lowest BCUT2D eigenvalue weighted by atomic mass is 10.0. The molecule has 0 amide bonds. The molecule has 1 unspecified atom stereocenters. The maximum Gasteiger partial charge on any atom is 0.283 e. The first-order valence-electron chi connectivity index (χ1n) is 4.37. The second-order valence-electron chi connectivity index (χ2n) is 3.06. The molecule has 0 aliphatic heterocycles. The first-order chi connectivity index (χ1) is 7.07. The van der Waals surface area contributed by atoms with Gasteiger partial charge in [0.2, 0.25) is 0 Å². The van der Waals surface area contributed by atoms with Gasteiger partial charge in [0.25, 0.3) is 5.69 Å². The minimum atomic E-state index is -0.473. The molecule has 0 bridgehead atoms. The Kier molecular flexibility index (Phi) is 4.19. The second-order valence-corrected chi connectivity index (χ2v) is 3.85. The fourth-order valence-corrected chi connectivity index (χ4v) is 1.96. The number of nitro benzene ring substituents is 1. The van der Waals surface area contributed by atoms with Crippen LogP contribution in [0.15, 0.2) is 22.7 Å². The third-order valence-electron chi connectivity index (χ3n) is 2.04. The molecular formula is C9H11BrN2O3. The van der Waals surface area contributed by atoms with Gasteiger partial charge in [0.15, 0.2) is 0 Å². The van der Waals surface area contributed by atoms with Gasteiger partial charge < -0.3 is 10.8 Å². The fourth-order valence-electron chi connectivity index (χ4n) is 1.26. The zero-order chi connectivity index (χ0) is 11.4. The zero-order valence-electron chi connectivity index (χ0n) is 7.89. The van der Waals surface area contributed by atoms with Gasteiger partial charge in [0.1, 0.15) is 0 Å². The van der Waals surface area contributed by atoms with Crippen LogP contribution in [-0.2, 0) is 0 Å². The Morgan fingerprint density at radius 1 is 1.60 bits per heavy atom. The van der Waals surface area contributed by atoms with E-state index in [1.165, 1.54) is 6.07 Å². The standard InChI is InChI=1S/C9H11BrN2O3/c10-9-6(7(11)4-5-13)2-1-3-8(9)12(14)15/h1-3,7,13H,4-5,11H2. The molecule has 1 aromatic rings. The van der Waals surface area contributed by atoms with E-state index < -0.39 is 11.0 Å². The normalized spacial score (nSPS) is 12.5. The number of nitrogens with two attached hydrogens (primary N) is 1. The Hall–Kier alpha value is -0.980. The average Bonchev–Trinajstić information content (AvgIpc) is 2.17. The van der Waals surface area contributed by atoms with Gasteiger partial charge in [0.05, 0.1) is 9.40 Å². The van der Waals surface area contributed by atoms with E-state index in [4.69, 9.17) is 10.8 Å². The van der Waals surface area contributed by atoms with Gasteiger partial charge in [-0.2, -0.15) is 0 Å². The van der Waals surface area contributed by atoms with Crippen LogP contribution < -0.4 is 5.73 Å². The molecule has 1 atom stereocenters. The smallest absolute Gasteiger partial charge is 0.283 e. The van der Waals surface area contributed by atoms with Crippen molar-refractivity contribution in [2.24, 2.45) is 5.73 Å². The van der Waals surface area contributed by atoms with E-state index in [2.05, 4.69) is 15.9 Å². The van der Waals surface area contributed by atoms with Crippen molar-refractivity contribution in [2.75, 3.05) is 6.61 Å². The van der Waals surface area contributed by atoms with E-state index in [9.17, 15) is 10.1 Å². The Balaban J connectivity index is 3.09. The number of hydrogen-bond donors (Lipinski definition) is 2. The molecule has 0 heterocycles. The van der Waals surface area contributed by atoms with Gasteiger partial charge in [-0.15, -0.1) is 0 Å². The van der Waals surface area contributed by atoms with Gasteiger partial charge in [-0.3, -0.25) is 10.1 Å². The van der Waals surface area contributed by atoms with Crippen LogP contribution >= 0.6 is 15.9 Å². The molecule has 0 radical (unpaired) electrons. The molecule has 0 aromatic heterocycles. The van der Waals surface area contributed by atoms with E-state index >= 15 is 0 Å². The van der Waals surface area contributed by atoms with Crippen molar-refractivity contribution < 1.29 is 10.0 Å². The van der Waals surface area contributed by atoms with Crippen molar-refractivity contribution in [3.8, 4) is 0 Å². The minimum absolute atomic E-state index is 0.0131. The van der Waals surface area contributed by atoms with Crippen molar-refractivity contribution in [1.82, 2.24) is 0 Å². The number of aliphatic hydroxyl groups is 1. The maximum atomic E-state index is 10.6.